The number of nitrogens with zero attached hydrogens (tertiary/aromatic N) is 1. The number of thioether (sulfide) groups is 1. The van der Waals surface area contributed by atoms with Crippen LogP contribution < -0.4 is 60.9 Å². The minimum atomic E-state index is -0.500. The van der Waals surface area contributed by atoms with E-state index in [9.17, 15) is 9.59 Å². The molecule has 1 aromatic rings. The van der Waals surface area contributed by atoms with Gasteiger partial charge in [-0.2, -0.15) is 0 Å². The summed E-state index contributed by atoms with van der Waals surface area (Å²) < 4.78 is 10.3. The summed E-state index contributed by atoms with van der Waals surface area (Å²) in [5.41, 5.74) is 0.744. The molecule has 1 aromatic carbocycles. The second kappa shape index (κ2) is 7.46. The Bertz CT molecular complexity index is 545. The Balaban J connectivity index is 0.00000180. The van der Waals surface area contributed by atoms with Crippen molar-refractivity contribution >= 4 is 29.0 Å². The molecule has 0 radical (unpaired) electrons. The molecular formula is C12H10KNO4S. The number of carbonyl (C=O) groups excluding carboxylic acids is 2. The Morgan fingerprint density at radius 3 is 2.37 bits per heavy atom. The van der Waals surface area contributed by atoms with Gasteiger partial charge in [-0.25, -0.2) is 0 Å². The first-order valence-electron chi connectivity index (χ1n) is 5.05. The van der Waals surface area contributed by atoms with Crippen molar-refractivity contribution < 1.29 is 70.4 Å². The van der Waals surface area contributed by atoms with Crippen molar-refractivity contribution in [2.24, 2.45) is 0 Å². The Kier molecular flexibility index (Phi) is 6.58. The van der Waals surface area contributed by atoms with Crippen LogP contribution in [0.25, 0.3) is 11.4 Å². The molecule has 1 aliphatic rings. The van der Waals surface area contributed by atoms with Crippen LogP contribution in [-0.4, -0.2) is 25.4 Å². The maximum absolute atomic E-state index is 11.3. The third-order valence-corrected chi connectivity index (χ3v) is 3.08. The van der Waals surface area contributed by atoms with Gasteiger partial charge < -0.3 is 24.4 Å². The number of carbonyl (C=O) groups is 2. The van der Waals surface area contributed by atoms with E-state index < -0.39 is 11.1 Å². The van der Waals surface area contributed by atoms with E-state index in [0.717, 1.165) is 17.3 Å². The molecule has 1 heterocycles. The van der Waals surface area contributed by atoms with Crippen molar-refractivity contribution in [1.29, 1.82) is 0 Å². The molecule has 0 N–H and O–H groups in total. The Labute approximate surface area is 157 Å². The van der Waals surface area contributed by atoms with Crippen LogP contribution in [0.4, 0.5) is 4.79 Å². The minimum absolute atomic E-state index is 0. The number of methoxy groups -OCH3 is 2. The number of ether oxygens (including phenoxy) is 2. The van der Waals surface area contributed by atoms with Crippen LogP contribution >= 0.6 is 11.8 Å². The molecule has 1 saturated heterocycles. The minimum Gasteiger partial charge on any atom is -0.581 e. The van der Waals surface area contributed by atoms with E-state index in [4.69, 9.17) is 9.47 Å². The van der Waals surface area contributed by atoms with Gasteiger partial charge in [0.15, 0.2) is 11.5 Å². The van der Waals surface area contributed by atoms with Crippen molar-refractivity contribution in [2.75, 3.05) is 14.2 Å². The Hall–Kier alpha value is -0.314. The SMILES string of the molecule is COc1ccc(/C=C2/SC(=O)[N-]C2=O)cc1OC.[K+]. The van der Waals surface area contributed by atoms with Gasteiger partial charge in [-0.1, -0.05) is 17.8 Å². The topological polar surface area (TPSA) is 66.7 Å². The first-order valence-corrected chi connectivity index (χ1v) is 5.87. The molecule has 7 heteroatoms. The molecule has 0 saturated carbocycles. The number of imide groups is 1. The normalized spacial score (nSPS) is 16.0. The van der Waals surface area contributed by atoms with Gasteiger partial charge >= 0.3 is 51.4 Å². The Morgan fingerprint density at radius 1 is 1.16 bits per heavy atom. The molecule has 0 aliphatic carbocycles. The molecule has 19 heavy (non-hydrogen) atoms. The average Bonchev–Trinajstić information content (AvgIpc) is 2.67. The fourth-order valence-corrected chi connectivity index (χ4v) is 2.13. The van der Waals surface area contributed by atoms with Crippen LogP contribution in [-0.2, 0) is 4.79 Å². The zero-order valence-corrected chi connectivity index (χ0v) is 14.7. The molecule has 0 unspecified atom stereocenters. The van der Waals surface area contributed by atoms with E-state index in [2.05, 4.69) is 5.32 Å². The number of benzene rings is 1. The zero-order valence-electron chi connectivity index (χ0n) is 10.8. The maximum Gasteiger partial charge on any atom is 1.00 e. The molecule has 5 nitrogen and oxygen atoms in total. The van der Waals surface area contributed by atoms with Crippen molar-refractivity contribution in [1.82, 2.24) is 0 Å². The predicted octanol–water partition coefficient (Wildman–Crippen LogP) is -0.184. The van der Waals surface area contributed by atoms with E-state index in [0.29, 0.717) is 16.4 Å². The number of hydrogen-bond donors (Lipinski definition) is 0. The van der Waals surface area contributed by atoms with Crippen LogP contribution in [0.5, 0.6) is 11.5 Å². The van der Waals surface area contributed by atoms with Gasteiger partial charge in [0, 0.05) is 4.91 Å². The largest absolute Gasteiger partial charge is 1.00 e. The van der Waals surface area contributed by atoms with Crippen molar-refractivity contribution in [3.05, 3.63) is 34.0 Å². The molecular weight excluding hydrogens is 293 g/mol. The summed E-state index contributed by atoms with van der Waals surface area (Å²) in [5, 5.41) is 2.82. The second-order valence-electron chi connectivity index (χ2n) is 3.41. The number of amides is 2. The van der Waals surface area contributed by atoms with E-state index in [1.807, 2.05) is 0 Å². The molecule has 0 bridgehead atoms. The monoisotopic (exact) mass is 303 g/mol. The average molecular weight is 303 g/mol. The summed E-state index contributed by atoms with van der Waals surface area (Å²) in [6.07, 6.45) is 1.60. The molecule has 1 fully saturated rings. The zero-order chi connectivity index (χ0) is 13.1. The summed E-state index contributed by atoms with van der Waals surface area (Å²) in [4.78, 5) is 22.6. The van der Waals surface area contributed by atoms with Crippen LogP contribution in [0.15, 0.2) is 23.1 Å². The van der Waals surface area contributed by atoms with E-state index in [-0.39, 0.29) is 51.4 Å². The van der Waals surface area contributed by atoms with Gasteiger partial charge in [-0.05, 0) is 23.8 Å². The van der Waals surface area contributed by atoms with Gasteiger partial charge in [0.25, 0.3) is 0 Å². The van der Waals surface area contributed by atoms with Crippen molar-refractivity contribution in [3.63, 3.8) is 0 Å². The summed E-state index contributed by atoms with van der Waals surface area (Å²) in [6, 6.07) is 5.22. The number of rotatable bonds is 3. The van der Waals surface area contributed by atoms with Crippen LogP contribution in [0.3, 0.4) is 0 Å². The van der Waals surface area contributed by atoms with Crippen LogP contribution in [0, 0.1) is 0 Å². The van der Waals surface area contributed by atoms with Gasteiger partial charge in [0.1, 0.15) is 5.24 Å². The van der Waals surface area contributed by atoms with E-state index in [1.54, 1.807) is 31.4 Å². The first kappa shape index (κ1) is 16.7. The molecule has 0 aromatic heterocycles. The van der Waals surface area contributed by atoms with Gasteiger partial charge in [-0.3, -0.25) is 0 Å². The standard InChI is InChI=1S/C12H11NO4S.K/c1-16-8-4-3-7(5-9(8)17-2)6-10-11(14)13-12(15)18-10;/h3-6H,1-2H3,(H,13,14,15);/q;+1/p-1/b10-6+;. The molecule has 2 amide bonds. The van der Waals surface area contributed by atoms with Gasteiger partial charge in [-0.15, -0.1) is 0 Å². The molecule has 0 spiro atoms. The quantitative estimate of drug-likeness (QED) is 0.572. The van der Waals surface area contributed by atoms with Crippen LogP contribution in [0.2, 0.25) is 0 Å². The Morgan fingerprint density at radius 2 is 1.84 bits per heavy atom. The van der Waals surface area contributed by atoms with E-state index in [1.165, 1.54) is 7.11 Å². The molecule has 0 atom stereocenters. The predicted molar refractivity (Wildman–Crippen MR) is 68.9 cm³/mol. The van der Waals surface area contributed by atoms with Crippen LogP contribution in [0.1, 0.15) is 5.56 Å². The molecule has 94 valence electrons. The smallest absolute Gasteiger partial charge is 0.581 e. The fourth-order valence-electron chi connectivity index (χ4n) is 1.48. The first-order chi connectivity index (χ1) is 8.63. The number of hydrogen-bond acceptors (Lipinski definition) is 5. The van der Waals surface area contributed by atoms with Crippen molar-refractivity contribution in [3.8, 4) is 11.5 Å². The summed E-state index contributed by atoms with van der Waals surface area (Å²) in [7, 11) is 3.08. The van der Waals surface area contributed by atoms with Crippen molar-refractivity contribution in [2.45, 2.75) is 0 Å². The molecule has 1 aliphatic heterocycles. The summed E-state index contributed by atoms with van der Waals surface area (Å²) in [5.74, 6) is 0.663. The van der Waals surface area contributed by atoms with Gasteiger partial charge in [0.05, 0.1) is 20.1 Å². The van der Waals surface area contributed by atoms with E-state index >= 15 is 0 Å². The third-order valence-electron chi connectivity index (χ3n) is 2.31. The third kappa shape index (κ3) is 4.07. The summed E-state index contributed by atoms with van der Waals surface area (Å²) in [6.45, 7) is 0. The summed E-state index contributed by atoms with van der Waals surface area (Å²) >= 11 is 0.826. The second-order valence-corrected chi connectivity index (χ2v) is 4.40. The fraction of sp³-hybridized carbons (Fsp3) is 0.167. The maximum atomic E-state index is 11.3. The molecule has 2 rings (SSSR count). The van der Waals surface area contributed by atoms with Gasteiger partial charge in [0.2, 0.25) is 0 Å².